The second kappa shape index (κ2) is 12.6. The minimum absolute atomic E-state index is 0.0699. The Bertz CT molecular complexity index is 1090. The second-order valence-corrected chi connectivity index (χ2v) is 9.86. The monoisotopic (exact) mass is 544 g/mol. The fourth-order valence-electron chi connectivity index (χ4n) is 3.13. The highest BCUT2D eigenvalue weighted by Gasteiger charge is 2.27. The predicted octanol–water partition coefficient (Wildman–Crippen LogP) is 5.93. The molecule has 0 radical (unpaired) electrons. The van der Waals surface area contributed by atoms with Crippen LogP contribution in [0, 0.1) is 5.92 Å². The summed E-state index contributed by atoms with van der Waals surface area (Å²) in [6.07, 6.45) is 2.76. The summed E-state index contributed by atoms with van der Waals surface area (Å²) in [5.74, 6) is 0.0210. The topological polar surface area (TPSA) is 93.2 Å². The van der Waals surface area contributed by atoms with Gasteiger partial charge in [0.1, 0.15) is 16.8 Å². The number of nitrogens with zero attached hydrogens (tertiary/aromatic N) is 2. The molecule has 2 aromatic carbocycles. The first-order valence-corrected chi connectivity index (χ1v) is 13.0. The predicted molar refractivity (Wildman–Crippen MR) is 139 cm³/mol. The quantitative estimate of drug-likeness (QED) is 0.292. The summed E-state index contributed by atoms with van der Waals surface area (Å²) in [7, 11) is 0. The molecule has 2 atom stereocenters. The molecular formula is C25H29BrN4O3S. The van der Waals surface area contributed by atoms with Crippen molar-refractivity contribution in [2.24, 2.45) is 5.92 Å². The van der Waals surface area contributed by atoms with Crippen LogP contribution >= 0.6 is 27.3 Å². The van der Waals surface area contributed by atoms with Crippen molar-refractivity contribution in [1.82, 2.24) is 15.5 Å². The maximum atomic E-state index is 13.1. The number of benzene rings is 2. The van der Waals surface area contributed by atoms with Gasteiger partial charge in [-0.1, -0.05) is 73.0 Å². The molecule has 1 heterocycles. The minimum Gasteiger partial charge on any atom is -0.494 e. The Kier molecular flexibility index (Phi) is 9.59. The maximum Gasteiger partial charge on any atom is 0.251 e. The molecule has 1 aromatic heterocycles. The van der Waals surface area contributed by atoms with E-state index in [0.717, 1.165) is 35.0 Å². The molecule has 34 heavy (non-hydrogen) atoms. The van der Waals surface area contributed by atoms with E-state index in [1.54, 1.807) is 24.3 Å². The summed E-state index contributed by atoms with van der Waals surface area (Å²) < 4.78 is 6.62. The number of aromatic nitrogens is 2. The number of unbranched alkanes of at least 4 members (excludes halogenated alkanes) is 1. The van der Waals surface area contributed by atoms with Crippen molar-refractivity contribution in [3.05, 3.63) is 58.6 Å². The summed E-state index contributed by atoms with van der Waals surface area (Å²) >= 11 is 4.70. The van der Waals surface area contributed by atoms with Crippen LogP contribution in [0.15, 0.2) is 53.0 Å². The second-order valence-electron chi connectivity index (χ2n) is 7.97. The van der Waals surface area contributed by atoms with Gasteiger partial charge in [-0.3, -0.25) is 14.9 Å². The van der Waals surface area contributed by atoms with Gasteiger partial charge in [-0.2, -0.15) is 0 Å². The Morgan fingerprint density at radius 2 is 1.76 bits per heavy atom. The highest BCUT2D eigenvalue weighted by Crippen LogP contribution is 2.27. The summed E-state index contributed by atoms with van der Waals surface area (Å²) in [5.41, 5.74) is 1.38. The van der Waals surface area contributed by atoms with E-state index in [9.17, 15) is 9.59 Å². The van der Waals surface area contributed by atoms with Gasteiger partial charge in [0.25, 0.3) is 5.91 Å². The molecule has 0 aliphatic carbocycles. The van der Waals surface area contributed by atoms with E-state index in [1.165, 1.54) is 11.3 Å². The van der Waals surface area contributed by atoms with E-state index in [4.69, 9.17) is 4.74 Å². The Hall–Kier alpha value is -2.78. The average Bonchev–Trinajstić information content (AvgIpc) is 3.31. The molecule has 0 aliphatic heterocycles. The number of rotatable bonds is 11. The van der Waals surface area contributed by atoms with E-state index in [1.807, 2.05) is 38.1 Å². The zero-order chi connectivity index (χ0) is 24.5. The summed E-state index contributed by atoms with van der Waals surface area (Å²) in [5, 5.41) is 15.1. The number of hydrogen-bond acceptors (Lipinski definition) is 6. The molecule has 3 rings (SSSR count). The van der Waals surface area contributed by atoms with Crippen LogP contribution in [0.25, 0.3) is 10.6 Å². The molecule has 0 bridgehead atoms. The van der Waals surface area contributed by atoms with Crippen molar-refractivity contribution in [1.29, 1.82) is 0 Å². The van der Waals surface area contributed by atoms with Crippen LogP contribution in [-0.4, -0.2) is 34.7 Å². The molecular weight excluding hydrogens is 516 g/mol. The molecule has 0 unspecified atom stereocenters. The van der Waals surface area contributed by atoms with Crippen molar-refractivity contribution in [3.63, 3.8) is 0 Å². The zero-order valence-corrected chi connectivity index (χ0v) is 21.9. The third-order valence-corrected chi connectivity index (χ3v) is 6.83. The van der Waals surface area contributed by atoms with Gasteiger partial charge in [0.2, 0.25) is 11.0 Å². The van der Waals surface area contributed by atoms with E-state index >= 15 is 0 Å². The fraction of sp³-hybridized carbons (Fsp3) is 0.360. The largest absolute Gasteiger partial charge is 0.494 e. The highest BCUT2D eigenvalue weighted by atomic mass is 79.9. The molecule has 0 fully saturated rings. The van der Waals surface area contributed by atoms with Crippen molar-refractivity contribution >= 4 is 44.2 Å². The van der Waals surface area contributed by atoms with Gasteiger partial charge in [0.05, 0.1) is 6.61 Å². The zero-order valence-electron chi connectivity index (χ0n) is 19.5. The van der Waals surface area contributed by atoms with Gasteiger partial charge >= 0.3 is 0 Å². The van der Waals surface area contributed by atoms with Crippen LogP contribution in [0.3, 0.4) is 0 Å². The Morgan fingerprint density at radius 1 is 1.06 bits per heavy atom. The number of nitrogens with one attached hydrogen (secondary N) is 2. The van der Waals surface area contributed by atoms with E-state index in [-0.39, 0.29) is 17.7 Å². The van der Waals surface area contributed by atoms with E-state index in [2.05, 4.69) is 43.7 Å². The van der Waals surface area contributed by atoms with Gasteiger partial charge in [0.15, 0.2) is 0 Å². The lowest BCUT2D eigenvalue weighted by molar-refractivity contribution is -0.119. The van der Waals surface area contributed by atoms with E-state index in [0.29, 0.717) is 22.3 Å². The van der Waals surface area contributed by atoms with Crippen molar-refractivity contribution in [2.45, 2.75) is 46.1 Å². The van der Waals surface area contributed by atoms with Crippen LogP contribution in [0.4, 0.5) is 5.13 Å². The molecule has 2 N–H and O–H groups in total. The number of halogens is 1. The minimum atomic E-state index is -0.710. The van der Waals surface area contributed by atoms with Gasteiger partial charge in [-0.25, -0.2) is 0 Å². The van der Waals surface area contributed by atoms with Crippen LogP contribution in [0.5, 0.6) is 5.75 Å². The SMILES string of the molecule is CCCCOc1ccc(C(=O)N[C@H](C(=O)Nc2nnc(-c3ccc(Br)cc3)s2)[C@H](C)CC)cc1. The summed E-state index contributed by atoms with van der Waals surface area (Å²) in [6, 6.07) is 14.0. The third kappa shape index (κ3) is 7.11. The van der Waals surface area contributed by atoms with Gasteiger partial charge in [-0.05, 0) is 48.7 Å². The molecule has 0 aliphatic rings. The fourth-order valence-corrected chi connectivity index (χ4v) is 4.15. The highest BCUT2D eigenvalue weighted by molar-refractivity contribution is 9.10. The normalized spacial score (nSPS) is 12.6. The molecule has 0 saturated carbocycles. The van der Waals surface area contributed by atoms with Crippen LogP contribution in [-0.2, 0) is 4.79 Å². The molecule has 180 valence electrons. The van der Waals surface area contributed by atoms with Crippen LogP contribution in [0.1, 0.15) is 50.4 Å². The molecule has 2 amide bonds. The standard InChI is InChI=1S/C25H29BrN4O3S/c1-4-6-15-33-20-13-9-17(10-14-20)22(31)27-21(16(3)5-2)23(32)28-25-30-29-24(34-25)18-7-11-19(26)12-8-18/h7-14,16,21H,4-6,15H2,1-3H3,(H,27,31)(H,28,30,32)/t16-,21+/m1/s1. The van der Waals surface area contributed by atoms with Gasteiger partial charge in [0, 0.05) is 15.6 Å². The number of carbonyl (C=O) groups excluding carboxylic acids is 2. The summed E-state index contributed by atoms with van der Waals surface area (Å²) in [4.78, 5) is 25.9. The van der Waals surface area contributed by atoms with Crippen LogP contribution < -0.4 is 15.4 Å². The molecule has 7 nitrogen and oxygen atoms in total. The van der Waals surface area contributed by atoms with Crippen LogP contribution in [0.2, 0.25) is 0 Å². The number of amides is 2. The molecule has 0 saturated heterocycles. The lowest BCUT2D eigenvalue weighted by atomic mass is 9.98. The van der Waals surface area contributed by atoms with Crippen molar-refractivity contribution in [2.75, 3.05) is 11.9 Å². The number of hydrogen-bond donors (Lipinski definition) is 2. The molecule has 9 heteroatoms. The number of ether oxygens (including phenoxy) is 1. The average molecular weight is 546 g/mol. The molecule has 3 aromatic rings. The lowest BCUT2D eigenvalue weighted by Gasteiger charge is -2.23. The summed E-state index contributed by atoms with van der Waals surface area (Å²) in [6.45, 7) is 6.67. The third-order valence-electron chi connectivity index (χ3n) is 5.41. The Balaban J connectivity index is 1.65. The Morgan fingerprint density at radius 3 is 2.41 bits per heavy atom. The first kappa shape index (κ1) is 25.8. The smallest absolute Gasteiger partial charge is 0.251 e. The number of anilines is 1. The van der Waals surface area contributed by atoms with E-state index < -0.39 is 6.04 Å². The Labute approximate surface area is 212 Å². The number of carbonyl (C=O) groups is 2. The van der Waals surface area contributed by atoms with Crippen molar-refractivity contribution in [3.8, 4) is 16.3 Å². The first-order valence-electron chi connectivity index (χ1n) is 11.3. The first-order chi connectivity index (χ1) is 16.4. The van der Waals surface area contributed by atoms with Gasteiger partial charge < -0.3 is 10.1 Å². The van der Waals surface area contributed by atoms with Gasteiger partial charge in [-0.15, -0.1) is 10.2 Å². The van der Waals surface area contributed by atoms with Crippen molar-refractivity contribution < 1.29 is 14.3 Å². The molecule has 0 spiro atoms. The maximum absolute atomic E-state index is 13.1. The lowest BCUT2D eigenvalue weighted by Crippen LogP contribution is -2.47.